The molecule has 1 unspecified atom stereocenters. The molecule has 0 saturated heterocycles. The topological polar surface area (TPSA) is 65.5 Å². The van der Waals surface area contributed by atoms with Crippen LogP contribution in [0, 0.1) is 30.2 Å². The van der Waals surface area contributed by atoms with Crippen LogP contribution in [0.15, 0.2) is 42.6 Å². The Kier molecular flexibility index (Phi) is 6.47. The largest absolute Gasteiger partial charge is 0.348 e. The number of hydrogen-bond acceptors (Lipinski definition) is 3. The lowest BCUT2D eigenvalue weighted by molar-refractivity contribution is 0.0950. The first-order chi connectivity index (χ1) is 16.6. The highest BCUT2D eigenvalue weighted by Gasteiger charge is 2.34. The minimum atomic E-state index is -1.11. The number of hydrogen-bond donors (Lipinski definition) is 1. The van der Waals surface area contributed by atoms with Gasteiger partial charge in [-0.3, -0.25) is 14.7 Å². The Bertz CT molecular complexity index is 1310. The van der Waals surface area contributed by atoms with Crippen LogP contribution in [0.25, 0.3) is 0 Å². The molecule has 2 aromatic carbocycles. The number of fused-ring (bicyclic) bond motifs is 1. The molecule has 0 fully saturated rings. The zero-order valence-corrected chi connectivity index (χ0v) is 19.2. The van der Waals surface area contributed by atoms with Crippen molar-refractivity contribution >= 4 is 17.6 Å². The second kappa shape index (κ2) is 9.36. The molecule has 6 nitrogen and oxygen atoms in total. The molecule has 35 heavy (non-hydrogen) atoms. The van der Waals surface area contributed by atoms with Gasteiger partial charge in [-0.2, -0.15) is 0 Å². The van der Waals surface area contributed by atoms with Gasteiger partial charge in [0.2, 0.25) is 0 Å². The number of carbonyl (C=O) groups is 2. The number of aromatic nitrogens is 1. The number of amides is 3. The van der Waals surface area contributed by atoms with Crippen LogP contribution in [0.1, 0.15) is 45.7 Å². The Hall–Kier alpha value is -3.95. The third-order valence-electron chi connectivity index (χ3n) is 6.08. The summed E-state index contributed by atoms with van der Waals surface area (Å²) < 4.78 is 55.4. The van der Waals surface area contributed by atoms with Crippen molar-refractivity contribution in [1.82, 2.24) is 15.2 Å². The SMILES string of the molecule is Cc1cc(CN2C(=O)N(C)C(C)c3ccc(C(=O)NCc4c(F)cc(F)cc4F)cc32)c(F)cn1. The molecule has 1 atom stereocenters. The molecule has 0 radical (unpaired) electrons. The third-order valence-corrected chi connectivity index (χ3v) is 6.08. The molecule has 1 N–H and O–H groups in total. The first kappa shape index (κ1) is 24.2. The molecular formula is C25H22F4N4O2. The highest BCUT2D eigenvalue weighted by molar-refractivity contribution is 5.99. The van der Waals surface area contributed by atoms with Gasteiger partial charge in [-0.25, -0.2) is 22.4 Å². The Balaban J connectivity index is 1.64. The van der Waals surface area contributed by atoms with Gasteiger partial charge in [-0.05, 0) is 37.6 Å². The summed E-state index contributed by atoms with van der Waals surface area (Å²) in [6.45, 7) is 2.94. The Morgan fingerprint density at radius 2 is 1.74 bits per heavy atom. The van der Waals surface area contributed by atoms with Crippen LogP contribution in [0.5, 0.6) is 0 Å². The number of nitrogens with one attached hydrogen (secondary N) is 1. The van der Waals surface area contributed by atoms with Gasteiger partial charge in [-0.1, -0.05) is 6.07 Å². The lowest BCUT2D eigenvalue weighted by Crippen LogP contribution is -2.46. The number of benzene rings is 2. The fraction of sp³-hybridized carbons (Fsp3) is 0.240. The van der Waals surface area contributed by atoms with Crippen LogP contribution in [0.4, 0.5) is 28.0 Å². The normalized spacial score (nSPS) is 15.3. The second-order valence-electron chi connectivity index (χ2n) is 8.38. The van der Waals surface area contributed by atoms with Gasteiger partial charge in [0, 0.05) is 48.1 Å². The van der Waals surface area contributed by atoms with E-state index in [1.54, 1.807) is 26.1 Å². The van der Waals surface area contributed by atoms with E-state index >= 15 is 0 Å². The fourth-order valence-electron chi connectivity index (χ4n) is 4.00. The molecule has 0 saturated carbocycles. The Labute approximate surface area is 199 Å². The first-order valence-corrected chi connectivity index (χ1v) is 10.8. The monoisotopic (exact) mass is 486 g/mol. The van der Waals surface area contributed by atoms with Crippen molar-refractivity contribution in [3.8, 4) is 0 Å². The van der Waals surface area contributed by atoms with Gasteiger partial charge in [0.1, 0.15) is 23.3 Å². The van der Waals surface area contributed by atoms with E-state index in [0.717, 1.165) is 11.8 Å². The molecule has 0 bridgehead atoms. The second-order valence-corrected chi connectivity index (χ2v) is 8.38. The summed E-state index contributed by atoms with van der Waals surface area (Å²) in [6, 6.07) is 6.61. The predicted octanol–water partition coefficient (Wildman–Crippen LogP) is 5.01. The average molecular weight is 486 g/mol. The van der Waals surface area contributed by atoms with Gasteiger partial charge in [0.05, 0.1) is 24.5 Å². The minimum absolute atomic E-state index is 0.0881. The lowest BCUT2D eigenvalue weighted by Gasteiger charge is -2.39. The van der Waals surface area contributed by atoms with Gasteiger partial charge in [0.25, 0.3) is 5.91 Å². The fourth-order valence-corrected chi connectivity index (χ4v) is 4.00. The molecule has 2 heterocycles. The zero-order chi connectivity index (χ0) is 25.4. The number of halogens is 4. The quantitative estimate of drug-likeness (QED) is 0.516. The molecule has 1 aliphatic rings. The van der Waals surface area contributed by atoms with Crippen LogP contribution in [0.2, 0.25) is 0 Å². The zero-order valence-electron chi connectivity index (χ0n) is 19.2. The molecule has 4 rings (SSSR count). The maximum absolute atomic E-state index is 14.4. The molecule has 1 aliphatic heterocycles. The van der Waals surface area contributed by atoms with Crippen molar-refractivity contribution < 1.29 is 27.2 Å². The molecule has 182 valence electrons. The molecule has 3 amide bonds. The number of aryl methyl sites for hydroxylation is 1. The van der Waals surface area contributed by atoms with Crippen molar-refractivity contribution in [3.05, 3.63) is 93.8 Å². The van der Waals surface area contributed by atoms with E-state index in [4.69, 9.17) is 0 Å². The summed E-state index contributed by atoms with van der Waals surface area (Å²) in [5.74, 6) is -4.51. The van der Waals surface area contributed by atoms with Crippen molar-refractivity contribution in [2.75, 3.05) is 11.9 Å². The summed E-state index contributed by atoms with van der Waals surface area (Å²) in [6.07, 6.45) is 1.09. The number of rotatable bonds is 5. The highest BCUT2D eigenvalue weighted by atomic mass is 19.1. The summed E-state index contributed by atoms with van der Waals surface area (Å²) in [4.78, 5) is 32.6. The number of urea groups is 1. The van der Waals surface area contributed by atoms with Gasteiger partial charge >= 0.3 is 6.03 Å². The van der Waals surface area contributed by atoms with Crippen LogP contribution in [-0.2, 0) is 13.1 Å². The first-order valence-electron chi connectivity index (χ1n) is 10.8. The minimum Gasteiger partial charge on any atom is -0.348 e. The molecular weight excluding hydrogens is 464 g/mol. The van der Waals surface area contributed by atoms with Crippen molar-refractivity contribution in [2.45, 2.75) is 33.0 Å². The highest BCUT2D eigenvalue weighted by Crippen LogP contribution is 2.37. The molecule has 0 spiro atoms. The number of anilines is 1. The van der Waals surface area contributed by atoms with E-state index in [2.05, 4.69) is 10.3 Å². The third kappa shape index (κ3) is 4.68. The molecule has 3 aromatic rings. The maximum Gasteiger partial charge on any atom is 0.325 e. The van der Waals surface area contributed by atoms with Crippen molar-refractivity contribution in [2.24, 2.45) is 0 Å². The Morgan fingerprint density at radius 1 is 1.06 bits per heavy atom. The molecule has 10 heteroatoms. The summed E-state index contributed by atoms with van der Waals surface area (Å²) in [5, 5.41) is 2.41. The predicted molar refractivity (Wildman–Crippen MR) is 121 cm³/mol. The van der Waals surface area contributed by atoms with Gasteiger partial charge < -0.3 is 10.2 Å². The van der Waals surface area contributed by atoms with E-state index in [1.165, 1.54) is 21.9 Å². The van der Waals surface area contributed by atoms with Crippen LogP contribution >= 0.6 is 0 Å². The summed E-state index contributed by atoms with van der Waals surface area (Å²) in [5.41, 5.74) is 1.66. The standard InChI is InChI=1S/C25H22F4N4O2/c1-13-6-16(22(29)11-30-13)12-33-23-7-15(4-5-18(23)14(2)32(3)25(33)35)24(34)31-10-19-20(27)8-17(26)9-21(19)28/h4-9,11,14H,10,12H2,1-3H3,(H,31,34). The van der Waals surface area contributed by atoms with Crippen LogP contribution < -0.4 is 10.2 Å². The summed E-state index contributed by atoms with van der Waals surface area (Å²) >= 11 is 0. The van der Waals surface area contributed by atoms with E-state index in [9.17, 15) is 27.2 Å². The maximum atomic E-state index is 14.4. The number of nitrogens with zero attached hydrogens (tertiary/aromatic N) is 3. The van der Waals surface area contributed by atoms with Crippen molar-refractivity contribution in [3.63, 3.8) is 0 Å². The smallest absolute Gasteiger partial charge is 0.325 e. The van der Waals surface area contributed by atoms with Crippen LogP contribution in [0.3, 0.4) is 0 Å². The van der Waals surface area contributed by atoms with Gasteiger partial charge in [0.15, 0.2) is 0 Å². The number of carbonyl (C=O) groups excluding carboxylic acids is 2. The van der Waals surface area contributed by atoms with E-state index in [-0.39, 0.29) is 29.7 Å². The number of pyridine rings is 1. The van der Waals surface area contributed by atoms with E-state index in [1.807, 2.05) is 6.92 Å². The average Bonchev–Trinajstić information content (AvgIpc) is 2.81. The van der Waals surface area contributed by atoms with E-state index < -0.39 is 41.3 Å². The lowest BCUT2D eigenvalue weighted by atomic mass is 9.98. The summed E-state index contributed by atoms with van der Waals surface area (Å²) in [7, 11) is 1.63. The Morgan fingerprint density at radius 3 is 2.43 bits per heavy atom. The van der Waals surface area contributed by atoms with E-state index in [0.29, 0.717) is 23.5 Å². The van der Waals surface area contributed by atoms with Gasteiger partial charge in [-0.15, -0.1) is 0 Å². The van der Waals surface area contributed by atoms with Crippen LogP contribution in [-0.4, -0.2) is 28.9 Å². The molecule has 1 aromatic heterocycles. The molecule has 0 aliphatic carbocycles. The van der Waals surface area contributed by atoms with Crippen molar-refractivity contribution in [1.29, 1.82) is 0 Å².